The molecule has 0 aliphatic heterocycles. The zero-order valence-electron chi connectivity index (χ0n) is 17.3. The molecule has 1 aliphatic carbocycles. The fourth-order valence-electron chi connectivity index (χ4n) is 3.22. The first kappa shape index (κ1) is 24.9. The molecule has 0 unspecified atom stereocenters. The van der Waals surface area contributed by atoms with E-state index < -0.39 is 17.8 Å². The van der Waals surface area contributed by atoms with Crippen LogP contribution in [-0.4, -0.2) is 3.81 Å². The smallest absolute Gasteiger partial charge is 0.147 e. The molecule has 2 aromatic carbocycles. The normalized spacial score (nSPS) is 12.9. The van der Waals surface area contributed by atoms with Gasteiger partial charge in [-0.1, -0.05) is 0 Å². The maximum absolute atomic E-state index is 6.68. The Bertz CT molecular complexity index is 886. The van der Waals surface area contributed by atoms with E-state index in [-0.39, 0.29) is 30.2 Å². The van der Waals surface area contributed by atoms with E-state index in [0.29, 0.717) is 0 Å². The number of rotatable bonds is 4. The molecule has 2 aromatic rings. The zero-order chi connectivity index (χ0) is 18.7. The van der Waals surface area contributed by atoms with Gasteiger partial charge >= 0.3 is 164 Å². The van der Waals surface area contributed by atoms with E-state index in [2.05, 4.69) is 101 Å². The Kier molecular flexibility index (Phi) is 9.44. The number of halogens is 2. The van der Waals surface area contributed by atoms with Gasteiger partial charge in [0, 0.05) is 0 Å². The molecule has 0 bridgehead atoms. The Hall–Kier alpha value is -1.12. The fourth-order valence-corrected chi connectivity index (χ4v) is 6.45. The third-order valence-electron chi connectivity index (χ3n) is 4.66. The van der Waals surface area contributed by atoms with E-state index in [9.17, 15) is 0 Å². The number of allylic oxidation sites excluding steroid dienone is 4. The Morgan fingerprint density at radius 3 is 2.21 bits per heavy atom. The van der Waals surface area contributed by atoms with Crippen LogP contribution in [0.25, 0.3) is 5.57 Å². The summed E-state index contributed by atoms with van der Waals surface area (Å²) < 4.78 is 9.63. The summed E-state index contributed by atoms with van der Waals surface area (Å²) in [6.45, 7) is 11.2. The average molecular weight is 453 g/mol. The molecule has 3 rings (SSSR count). The summed E-state index contributed by atoms with van der Waals surface area (Å²) in [6.07, 6.45) is 5.57. The van der Waals surface area contributed by atoms with Crippen molar-refractivity contribution in [2.75, 3.05) is 0 Å². The van der Waals surface area contributed by atoms with Gasteiger partial charge in [-0.2, -0.15) is 0 Å². The van der Waals surface area contributed by atoms with Gasteiger partial charge in [-0.25, -0.2) is 0 Å². The fraction of sp³-hybridized carbons (Fsp3) is 0.292. The minimum absolute atomic E-state index is 0. The van der Waals surface area contributed by atoms with Crippen LogP contribution in [0.15, 0.2) is 70.6 Å². The average Bonchev–Trinajstić information content (AvgIpc) is 3.09. The Morgan fingerprint density at radius 1 is 0.929 bits per heavy atom. The van der Waals surface area contributed by atoms with Crippen LogP contribution < -0.4 is 3.32 Å². The van der Waals surface area contributed by atoms with Crippen LogP contribution in [0.1, 0.15) is 52.2 Å². The van der Waals surface area contributed by atoms with Gasteiger partial charge in [0.05, 0.1) is 0 Å². The monoisotopic (exact) mass is 452 g/mol. The second kappa shape index (κ2) is 10.6. The van der Waals surface area contributed by atoms with Gasteiger partial charge in [0.2, 0.25) is 0 Å². The molecule has 1 nitrogen and oxygen atoms in total. The SMILES string of the molecule is C[C](C)=[Ti]([O]c1cccc(C(C)(C)C)c1)[C]1=C(c2ccccc2)C=CC1.Cl.Cl. The first-order chi connectivity index (χ1) is 12.4. The van der Waals surface area contributed by atoms with Crippen molar-refractivity contribution < 1.29 is 21.1 Å². The molecule has 0 heterocycles. The maximum atomic E-state index is 6.68. The molecule has 0 N–H and O–H groups in total. The van der Waals surface area contributed by atoms with Crippen LogP contribution in [0.2, 0.25) is 0 Å². The molecule has 0 aromatic heterocycles. The Labute approximate surface area is 188 Å². The molecule has 0 radical (unpaired) electrons. The molecule has 150 valence electrons. The molecule has 0 saturated heterocycles. The van der Waals surface area contributed by atoms with E-state index >= 15 is 0 Å². The summed E-state index contributed by atoms with van der Waals surface area (Å²) in [5.74, 6) is 1.01. The minimum atomic E-state index is -1.98. The quantitative estimate of drug-likeness (QED) is 0.441. The summed E-state index contributed by atoms with van der Waals surface area (Å²) >= 11 is -1.98. The van der Waals surface area contributed by atoms with Gasteiger partial charge in [0.1, 0.15) is 0 Å². The van der Waals surface area contributed by atoms with Crippen molar-refractivity contribution in [2.24, 2.45) is 0 Å². The molecule has 0 amide bonds. The topological polar surface area (TPSA) is 9.23 Å². The Balaban J connectivity index is 0.00000196. The molecule has 0 atom stereocenters. The van der Waals surface area contributed by atoms with Crippen LogP contribution >= 0.6 is 24.8 Å². The van der Waals surface area contributed by atoms with Crippen molar-refractivity contribution in [3.05, 3.63) is 81.8 Å². The van der Waals surface area contributed by atoms with Gasteiger partial charge in [0.25, 0.3) is 0 Å². The summed E-state index contributed by atoms with van der Waals surface area (Å²) in [7, 11) is 0. The second-order valence-corrected chi connectivity index (χ2v) is 11.9. The number of hydrogen-bond donors (Lipinski definition) is 0. The van der Waals surface area contributed by atoms with E-state index in [1.54, 1.807) is 0 Å². The van der Waals surface area contributed by atoms with Gasteiger partial charge in [-0.05, 0) is 0 Å². The molecular weight excluding hydrogens is 423 g/mol. The van der Waals surface area contributed by atoms with Gasteiger partial charge < -0.3 is 0 Å². The Morgan fingerprint density at radius 2 is 1.61 bits per heavy atom. The third-order valence-corrected chi connectivity index (χ3v) is 8.37. The van der Waals surface area contributed by atoms with Crippen LogP contribution in [0, 0.1) is 0 Å². The third kappa shape index (κ3) is 5.94. The first-order valence-electron chi connectivity index (χ1n) is 9.27. The summed E-state index contributed by atoms with van der Waals surface area (Å²) in [6, 6.07) is 19.3. The number of hydrogen-bond acceptors (Lipinski definition) is 1. The van der Waals surface area contributed by atoms with E-state index in [1.807, 2.05) is 0 Å². The van der Waals surface area contributed by atoms with E-state index in [1.165, 1.54) is 24.4 Å². The zero-order valence-corrected chi connectivity index (χ0v) is 20.5. The van der Waals surface area contributed by atoms with Crippen LogP contribution in [0.5, 0.6) is 5.75 Å². The number of benzene rings is 2. The second-order valence-electron chi connectivity index (χ2n) is 8.07. The summed E-state index contributed by atoms with van der Waals surface area (Å²) in [5, 5.41) is 0. The van der Waals surface area contributed by atoms with Crippen molar-refractivity contribution in [1.29, 1.82) is 0 Å². The maximum Gasteiger partial charge on any atom is -0.147 e. The molecule has 4 heteroatoms. The first-order valence-corrected chi connectivity index (χ1v) is 11.5. The minimum Gasteiger partial charge on any atom is -0.147 e. The molecule has 1 aliphatic rings. The van der Waals surface area contributed by atoms with Gasteiger partial charge in [0.15, 0.2) is 0 Å². The molecule has 28 heavy (non-hydrogen) atoms. The predicted molar refractivity (Wildman–Crippen MR) is 124 cm³/mol. The van der Waals surface area contributed by atoms with Crippen LogP contribution in [0.3, 0.4) is 0 Å². The van der Waals surface area contributed by atoms with Gasteiger partial charge in [-0.15, -0.1) is 24.8 Å². The van der Waals surface area contributed by atoms with Crippen molar-refractivity contribution in [2.45, 2.75) is 46.5 Å². The summed E-state index contributed by atoms with van der Waals surface area (Å²) in [5.41, 5.74) is 4.12. The predicted octanol–water partition coefficient (Wildman–Crippen LogP) is 7.32. The van der Waals surface area contributed by atoms with Crippen molar-refractivity contribution in [3.8, 4) is 5.75 Å². The molecule has 0 saturated carbocycles. The molecule has 0 spiro atoms. The molecule has 0 fully saturated rings. The molecular formula is C24H30Cl2OTi. The van der Waals surface area contributed by atoms with E-state index in [4.69, 9.17) is 3.32 Å². The summed E-state index contributed by atoms with van der Waals surface area (Å²) in [4.78, 5) is 0. The van der Waals surface area contributed by atoms with Crippen LogP contribution in [-0.2, 0) is 23.2 Å². The largest absolute Gasteiger partial charge is 0.147 e. The van der Waals surface area contributed by atoms with Crippen molar-refractivity contribution in [3.63, 3.8) is 0 Å². The van der Waals surface area contributed by atoms with Gasteiger partial charge in [-0.3, -0.25) is 0 Å². The van der Waals surface area contributed by atoms with Crippen molar-refractivity contribution >= 4 is 34.2 Å². The standard InChI is InChI=1S/C11H9.C10H14O.C3H6.2ClH.Ti/c1-2-6-10(7-3-1)11-8-4-5-9-11;1-10(2,3)8-5-4-6-9(11)7-8;1-3-2;;;/h1-4,6-8H,5H2;4-7,11H,1-3H3;1-2H3;2*1H;/q;;;;;+1/p-1. The van der Waals surface area contributed by atoms with E-state index in [0.717, 1.165) is 12.2 Å². The van der Waals surface area contributed by atoms with Crippen molar-refractivity contribution in [1.82, 2.24) is 0 Å². The van der Waals surface area contributed by atoms with Crippen LogP contribution in [0.4, 0.5) is 0 Å².